The van der Waals surface area contributed by atoms with E-state index in [0.717, 1.165) is 89.0 Å². The number of fused-ring (bicyclic) bond motifs is 5. The van der Waals surface area contributed by atoms with Gasteiger partial charge in [0.25, 0.3) is 0 Å². The van der Waals surface area contributed by atoms with E-state index < -0.39 is 36.2 Å². The largest absolute Gasteiger partial charge is 0.468 e. The Morgan fingerprint density at radius 2 is 1.01 bits per heavy atom. The highest BCUT2D eigenvalue weighted by molar-refractivity contribution is 9.10. The first kappa shape index (κ1) is 82.9. The number of azide groups is 1. The van der Waals surface area contributed by atoms with Gasteiger partial charge >= 0.3 is 37.0 Å². The second-order valence-corrected chi connectivity index (χ2v) is 31.5. The van der Waals surface area contributed by atoms with Crippen molar-refractivity contribution in [2.75, 3.05) is 39.4 Å². The average Bonchev–Trinajstić information content (AvgIpc) is 1.69. The second kappa shape index (κ2) is 38.8. The number of esters is 5. The minimum Gasteiger partial charge on any atom is -0.468 e. The smallest absolute Gasteiger partial charge is 0.454 e. The molecule has 6 aromatic rings. The number of ether oxygens (including phenoxy) is 5. The van der Waals surface area contributed by atoms with Gasteiger partial charge < -0.3 is 38.8 Å². The molecule has 568 valence electrons. The van der Waals surface area contributed by atoms with Crippen molar-refractivity contribution >= 4 is 94.9 Å². The maximum absolute atomic E-state index is 12.0. The third-order valence-corrected chi connectivity index (χ3v) is 19.5. The Bertz CT molecular complexity index is 4500. The number of rotatable bonds is 16. The Morgan fingerprint density at radius 3 is 1.37 bits per heavy atom. The number of hydrogen-bond donors (Lipinski definition) is 3. The van der Waals surface area contributed by atoms with Crippen LogP contribution < -0.4 is 0 Å². The Morgan fingerprint density at radius 1 is 0.602 bits per heavy atom. The molecule has 0 amide bonds. The first-order valence-electron chi connectivity index (χ1n) is 37.2. The Balaban J connectivity index is 0.000000148. The molecule has 0 atom stereocenters. The van der Waals surface area contributed by atoms with Gasteiger partial charge in [-0.3, -0.25) is 4.79 Å². The van der Waals surface area contributed by atoms with Gasteiger partial charge in [0.2, 0.25) is 0 Å². The number of aliphatic hydroxyl groups excluding tert-OH is 1. The lowest BCUT2D eigenvalue weighted by Crippen LogP contribution is -2.24. The summed E-state index contributed by atoms with van der Waals surface area (Å²) < 4.78 is 26.9. The highest BCUT2D eigenvalue weighted by Crippen LogP contribution is 2.45. The molecule has 0 spiro atoms. The van der Waals surface area contributed by atoms with Gasteiger partial charge in [0.15, 0.2) is 5.69 Å². The van der Waals surface area contributed by atoms with Crippen molar-refractivity contribution < 1.29 is 62.8 Å². The van der Waals surface area contributed by atoms with Gasteiger partial charge in [-0.25, -0.2) is 23.9 Å². The summed E-state index contributed by atoms with van der Waals surface area (Å²) in [7, 11) is 0.259. The number of hydrogen-bond acceptors (Lipinski definition) is 16. The van der Waals surface area contributed by atoms with E-state index in [1.165, 1.54) is 142 Å². The molecular weight excluding hydrogens is 1450 g/mol. The third kappa shape index (κ3) is 26.3. The normalized spacial score (nSPS) is 16.0. The SMILES string of the molecule is C#CC(=O)OC(C)(C)C.CC(C)(C)OC(=O)c1cn(CC2=Cc3cc(C4CC4)ccc3C2)nn1.CCOC(=O)C1=Cc2cc(Br)ccc2C1.CCOC(=O)C1=Cc2cc(C3CC3)ccc2C1.COC(=O)CCl.OB(O)C1CC1.OCC1=Cc2cc(C3CC3)ccc2C1.[N-]=[N+]=NCC1=Cc2cc(C3CC3)ccc2C1. The molecule has 5 aromatic carbocycles. The van der Waals surface area contributed by atoms with Crippen molar-refractivity contribution in [3.8, 4) is 12.3 Å². The number of alkyl halides is 1. The molecular formula is C86H99BBrClN6O13. The zero-order valence-electron chi connectivity index (χ0n) is 63.4. The van der Waals surface area contributed by atoms with Crippen LogP contribution in [0.2, 0.25) is 5.82 Å². The van der Waals surface area contributed by atoms with Crippen LogP contribution in [0, 0.1) is 12.3 Å². The predicted octanol–water partition coefficient (Wildman–Crippen LogP) is 17.1. The third-order valence-electron chi connectivity index (χ3n) is 18.8. The minimum atomic E-state index is -1.04. The average molecular weight is 1550 g/mol. The highest BCUT2D eigenvalue weighted by atomic mass is 79.9. The molecule has 0 aliphatic heterocycles. The van der Waals surface area contributed by atoms with Crippen LogP contribution in [0.4, 0.5) is 0 Å². The van der Waals surface area contributed by atoms with Crippen LogP contribution in [-0.4, -0.2) is 118 Å². The van der Waals surface area contributed by atoms with Gasteiger partial charge in [-0.2, -0.15) is 0 Å². The zero-order chi connectivity index (χ0) is 77.8. The summed E-state index contributed by atoms with van der Waals surface area (Å²) in [6.07, 6.45) is 33.7. The molecule has 19 nitrogen and oxygen atoms in total. The van der Waals surface area contributed by atoms with E-state index in [4.69, 9.17) is 57.7 Å². The first-order chi connectivity index (χ1) is 51.6. The highest BCUT2D eigenvalue weighted by Gasteiger charge is 2.34. The van der Waals surface area contributed by atoms with Crippen LogP contribution in [0.15, 0.2) is 135 Å². The molecule has 16 rings (SSSR count). The maximum Gasteiger partial charge on any atom is 0.454 e. The van der Waals surface area contributed by atoms with Gasteiger partial charge in [-0.15, -0.1) is 23.1 Å². The fourth-order valence-corrected chi connectivity index (χ4v) is 13.0. The van der Waals surface area contributed by atoms with E-state index in [1.807, 2.05) is 70.9 Å². The van der Waals surface area contributed by atoms with E-state index in [2.05, 4.69) is 132 Å². The Hall–Kier alpha value is -9.13. The minimum absolute atomic E-state index is 0.0590. The summed E-state index contributed by atoms with van der Waals surface area (Å²) >= 11 is 8.38. The van der Waals surface area contributed by atoms with E-state index >= 15 is 0 Å². The molecule has 5 fully saturated rings. The molecule has 0 unspecified atom stereocenters. The second-order valence-electron chi connectivity index (χ2n) is 30.3. The lowest BCUT2D eigenvalue weighted by molar-refractivity contribution is -0.147. The number of carbonyl (C=O) groups excluding carboxylic acids is 5. The Kier molecular flexibility index (Phi) is 29.8. The lowest BCUT2D eigenvalue weighted by atomic mass is 9.84. The van der Waals surface area contributed by atoms with Crippen LogP contribution >= 0.6 is 27.5 Å². The number of nitrogens with zero attached hydrogens (tertiary/aromatic N) is 6. The number of terminal acetylenes is 1. The van der Waals surface area contributed by atoms with Crippen molar-refractivity contribution in [2.45, 2.75) is 199 Å². The quantitative estimate of drug-likeness (QED) is 0.00935. The molecule has 0 bridgehead atoms. The van der Waals surface area contributed by atoms with E-state index in [9.17, 15) is 24.0 Å². The summed E-state index contributed by atoms with van der Waals surface area (Å²) in [6.45, 7) is 16.7. The molecule has 22 heteroatoms. The molecule has 108 heavy (non-hydrogen) atoms. The molecule has 10 aliphatic carbocycles. The van der Waals surface area contributed by atoms with Crippen LogP contribution in [0.1, 0.15) is 232 Å². The number of aromatic nitrogens is 3. The van der Waals surface area contributed by atoms with Gasteiger partial charge in [-0.1, -0.05) is 142 Å². The van der Waals surface area contributed by atoms with E-state index in [0.29, 0.717) is 32.7 Å². The number of allylic oxidation sites excluding steroid dienone is 1. The van der Waals surface area contributed by atoms with Gasteiger partial charge in [0.05, 0.1) is 39.7 Å². The fourth-order valence-electron chi connectivity index (χ4n) is 12.5. The lowest BCUT2D eigenvalue weighted by Gasteiger charge is -2.18. The summed E-state index contributed by atoms with van der Waals surface area (Å²) in [4.78, 5) is 58.2. The fraction of sp³-hybridized carbons (Fsp3) is 0.430. The monoisotopic (exact) mass is 1550 g/mol. The van der Waals surface area contributed by atoms with Crippen molar-refractivity contribution in [1.82, 2.24) is 15.0 Å². The molecule has 1 aromatic heterocycles. The van der Waals surface area contributed by atoms with E-state index in [-0.39, 0.29) is 35.9 Å². The van der Waals surface area contributed by atoms with Crippen LogP contribution in [0.3, 0.4) is 0 Å². The number of aliphatic hydroxyl groups is 1. The first-order valence-corrected chi connectivity index (χ1v) is 38.6. The van der Waals surface area contributed by atoms with Crippen LogP contribution in [-0.2, 0) is 81.5 Å². The standard InChI is InChI=1S/C20H23N3O2.C15H16O2.C13H13N3.C13H14O.C12H11BrO2.C7H10O2.C3H7BO2.C3H5ClO2/c1-20(2,3)25-19(24)18-12-23(22-21-18)11-13-8-15-6-7-16(14-4-5-14)10-17(15)9-13;1-2-17-15(16)14-8-12-6-5-11(10-3-4-10)7-13(12)9-14;14-16-15-8-9-5-11-3-4-12(10-1-2-10)7-13(11)6-9;14-8-9-5-11-3-4-12(10-1-2-10)7-13(11)6-9;1-2-15-12(14)10-5-8-3-4-11(13)7-9(8)6-10;1-5-6(8)9-7(2,3)4;5-4(6)3-1-2-3;1-6-3(5)2-4/h6-7,9-10,12,14H,4-5,8,11H2,1-3H3;5-7,9-10H,2-4,8H2,1H3;3-4,6-7,10H,1-2,5,8H2;3-4,6-7,10,14H,1-2,5,8H2;3-4,6-7H,2,5H2,1H3;1H,2-4H3;3,5-6H,1-2H2;2H2,1H3. The number of carbonyl (C=O) groups is 5. The van der Waals surface area contributed by atoms with Crippen molar-refractivity contribution in [1.29, 1.82) is 0 Å². The van der Waals surface area contributed by atoms with Crippen molar-refractivity contribution in [3.05, 3.63) is 224 Å². The van der Waals surface area contributed by atoms with Crippen molar-refractivity contribution in [3.63, 3.8) is 0 Å². The summed E-state index contributed by atoms with van der Waals surface area (Å²) in [5.41, 5.74) is 31.4. The van der Waals surface area contributed by atoms with E-state index in [1.54, 1.807) is 31.6 Å². The van der Waals surface area contributed by atoms with Crippen LogP contribution in [0.25, 0.3) is 40.8 Å². The number of benzene rings is 5. The Labute approximate surface area is 648 Å². The number of halogens is 2. The summed E-state index contributed by atoms with van der Waals surface area (Å²) in [5, 5.41) is 37.2. The molecule has 5 saturated carbocycles. The maximum atomic E-state index is 12.0. The zero-order valence-corrected chi connectivity index (χ0v) is 65.7. The van der Waals surface area contributed by atoms with Gasteiger partial charge in [0.1, 0.15) is 17.1 Å². The van der Waals surface area contributed by atoms with Gasteiger partial charge in [0, 0.05) is 45.8 Å². The van der Waals surface area contributed by atoms with Crippen LogP contribution in [0.5, 0.6) is 0 Å². The molecule has 3 N–H and O–H groups in total. The van der Waals surface area contributed by atoms with Gasteiger partial charge in [-0.05, 0) is 274 Å². The number of methoxy groups -OCH3 is 1. The molecule has 1 heterocycles. The predicted molar refractivity (Wildman–Crippen MR) is 426 cm³/mol. The van der Waals surface area contributed by atoms with Crippen molar-refractivity contribution in [2.24, 2.45) is 5.11 Å². The topological polar surface area (TPSA) is 272 Å². The summed E-state index contributed by atoms with van der Waals surface area (Å²) in [6, 6.07) is 33.0. The molecule has 0 radical (unpaired) electrons. The molecule has 10 aliphatic rings. The molecule has 0 saturated heterocycles. The summed E-state index contributed by atoms with van der Waals surface area (Å²) in [5.74, 6) is 3.37.